The highest BCUT2D eigenvalue weighted by molar-refractivity contribution is 5.60. The van der Waals surface area contributed by atoms with Crippen molar-refractivity contribution in [2.75, 3.05) is 13.2 Å². The highest BCUT2D eigenvalue weighted by atomic mass is 16.7. The zero-order valence-electron chi connectivity index (χ0n) is 18.8. The van der Waals surface area contributed by atoms with E-state index < -0.39 is 0 Å². The molecule has 166 valence electrons. The van der Waals surface area contributed by atoms with E-state index in [9.17, 15) is 0 Å². The zero-order chi connectivity index (χ0) is 22.8. The Morgan fingerprint density at radius 2 is 1.88 bits per heavy atom. The summed E-state index contributed by atoms with van der Waals surface area (Å²) in [4.78, 5) is 10.3. The summed E-state index contributed by atoms with van der Waals surface area (Å²) in [5.41, 5.74) is 4.97. The number of hydroxylamine groups is 2. The molecular weight excluding hydrogens is 398 g/mol. The molecule has 0 spiro atoms. The summed E-state index contributed by atoms with van der Waals surface area (Å²) >= 11 is 0. The summed E-state index contributed by atoms with van der Waals surface area (Å²) in [6.07, 6.45) is 4.52. The number of nitriles is 1. The molecule has 5 nitrogen and oxygen atoms in total. The average molecular weight is 430 g/mol. The molecule has 32 heavy (non-hydrogen) atoms. The summed E-state index contributed by atoms with van der Waals surface area (Å²) in [5.74, 6) is 0. The molecule has 2 unspecified atom stereocenters. The Labute approximate surface area is 190 Å². The highest BCUT2D eigenvalue weighted by Crippen LogP contribution is 2.29. The maximum Gasteiger partial charge on any atom is 0.101 e. The van der Waals surface area contributed by atoms with E-state index in [1.807, 2.05) is 29.3 Å². The number of hydrogen-bond acceptors (Lipinski definition) is 5. The van der Waals surface area contributed by atoms with Gasteiger partial charge in [0.25, 0.3) is 0 Å². The number of aliphatic hydroxyl groups is 1. The van der Waals surface area contributed by atoms with Gasteiger partial charge in [0.15, 0.2) is 0 Å². The first-order valence-electron chi connectivity index (χ1n) is 11.1. The molecule has 2 aromatic carbocycles. The second kappa shape index (κ2) is 12.1. The molecular formula is C27H31N3O2. The van der Waals surface area contributed by atoms with Crippen molar-refractivity contribution < 1.29 is 9.94 Å². The lowest BCUT2D eigenvalue weighted by Crippen LogP contribution is -2.23. The van der Waals surface area contributed by atoms with Crippen LogP contribution in [-0.4, -0.2) is 34.4 Å². The minimum Gasteiger partial charge on any atom is -0.396 e. The number of aryl methyl sites for hydroxylation is 1. The van der Waals surface area contributed by atoms with Gasteiger partial charge in [-0.3, -0.25) is 9.82 Å². The third-order valence-electron chi connectivity index (χ3n) is 5.59. The van der Waals surface area contributed by atoms with Crippen molar-refractivity contribution in [2.24, 2.45) is 0 Å². The van der Waals surface area contributed by atoms with Gasteiger partial charge < -0.3 is 5.11 Å². The Morgan fingerprint density at radius 3 is 2.44 bits per heavy atom. The monoisotopic (exact) mass is 429 g/mol. The van der Waals surface area contributed by atoms with E-state index in [0.717, 1.165) is 37.1 Å². The van der Waals surface area contributed by atoms with E-state index in [0.29, 0.717) is 5.56 Å². The van der Waals surface area contributed by atoms with Crippen LogP contribution >= 0.6 is 0 Å². The molecule has 1 N–H and O–H groups in total. The van der Waals surface area contributed by atoms with Crippen LogP contribution in [0.5, 0.6) is 0 Å². The lowest BCUT2D eigenvalue weighted by molar-refractivity contribution is -0.172. The molecule has 0 radical (unpaired) electrons. The van der Waals surface area contributed by atoms with Gasteiger partial charge in [0.1, 0.15) is 6.07 Å². The van der Waals surface area contributed by atoms with Crippen LogP contribution in [0.2, 0.25) is 0 Å². The predicted octanol–water partition coefficient (Wildman–Crippen LogP) is 5.45. The third-order valence-corrected chi connectivity index (χ3v) is 5.59. The fourth-order valence-electron chi connectivity index (χ4n) is 3.63. The van der Waals surface area contributed by atoms with Gasteiger partial charge in [-0.2, -0.15) is 10.3 Å². The fourth-order valence-corrected chi connectivity index (χ4v) is 3.63. The van der Waals surface area contributed by atoms with Crippen molar-refractivity contribution in [2.45, 2.75) is 45.3 Å². The van der Waals surface area contributed by atoms with E-state index in [1.54, 1.807) is 12.3 Å². The zero-order valence-corrected chi connectivity index (χ0v) is 18.8. The summed E-state index contributed by atoms with van der Waals surface area (Å²) in [7, 11) is 0. The molecule has 2 heterocycles. The van der Waals surface area contributed by atoms with Gasteiger partial charge >= 0.3 is 0 Å². The Hall–Kier alpha value is -3.04. The van der Waals surface area contributed by atoms with Crippen LogP contribution in [0.1, 0.15) is 48.9 Å². The van der Waals surface area contributed by atoms with E-state index in [1.165, 1.54) is 11.1 Å². The van der Waals surface area contributed by atoms with Crippen molar-refractivity contribution in [3.05, 3.63) is 89.6 Å². The third kappa shape index (κ3) is 6.73. The Morgan fingerprint density at radius 1 is 1.12 bits per heavy atom. The maximum atomic E-state index is 8.94. The van der Waals surface area contributed by atoms with Gasteiger partial charge in [-0.25, -0.2) is 0 Å². The lowest BCUT2D eigenvalue weighted by atomic mass is 10.0. The molecule has 3 aromatic rings. The number of benzene rings is 2. The summed E-state index contributed by atoms with van der Waals surface area (Å²) < 4.78 is 0. The number of nitrogens with zero attached hydrogens (tertiary/aromatic N) is 3. The molecule has 1 saturated heterocycles. The van der Waals surface area contributed by atoms with E-state index in [2.05, 4.69) is 61.3 Å². The molecule has 0 amide bonds. The summed E-state index contributed by atoms with van der Waals surface area (Å²) in [6, 6.07) is 24.5. The van der Waals surface area contributed by atoms with Crippen LogP contribution in [0.15, 0.2) is 72.9 Å². The molecule has 1 aromatic heterocycles. The predicted molar refractivity (Wildman–Crippen MR) is 126 cm³/mol. The number of aliphatic hydroxyl groups excluding tert-OH is 1. The second-order valence-electron chi connectivity index (χ2n) is 8.02. The first-order chi connectivity index (χ1) is 15.6. The van der Waals surface area contributed by atoms with Crippen molar-refractivity contribution in [1.29, 1.82) is 5.26 Å². The van der Waals surface area contributed by atoms with Crippen LogP contribution in [0, 0.1) is 18.3 Å². The lowest BCUT2D eigenvalue weighted by Gasteiger charge is -2.24. The summed E-state index contributed by atoms with van der Waals surface area (Å²) in [6.45, 7) is 5.36. The standard InChI is InChI=1S/C20H23N3O2.C7H8/c1-15(23-11-10-19(25-23)3-2-12-24)17-5-7-18(8-6-17)20-9-4-16(13-21)14-22-20;1-7-5-3-2-4-6-7/h4-9,14-15,19,24H,2-3,10-12H2,1H3;2-6H,1H3. The van der Waals surface area contributed by atoms with Crippen LogP contribution < -0.4 is 0 Å². The van der Waals surface area contributed by atoms with Crippen molar-refractivity contribution in [3.63, 3.8) is 0 Å². The van der Waals surface area contributed by atoms with Crippen LogP contribution in [0.3, 0.4) is 0 Å². The van der Waals surface area contributed by atoms with Crippen LogP contribution in [-0.2, 0) is 4.84 Å². The van der Waals surface area contributed by atoms with E-state index in [-0.39, 0.29) is 18.8 Å². The summed E-state index contributed by atoms with van der Waals surface area (Å²) in [5, 5.41) is 19.8. The van der Waals surface area contributed by atoms with Gasteiger partial charge in [-0.05, 0) is 50.8 Å². The molecule has 0 bridgehead atoms. The van der Waals surface area contributed by atoms with Crippen molar-refractivity contribution >= 4 is 0 Å². The van der Waals surface area contributed by atoms with E-state index >= 15 is 0 Å². The smallest absolute Gasteiger partial charge is 0.101 e. The normalized spacial score (nSPS) is 16.6. The Bertz CT molecular complexity index is 982. The van der Waals surface area contributed by atoms with Crippen LogP contribution in [0.4, 0.5) is 0 Å². The maximum absolute atomic E-state index is 8.94. The number of hydrogen-bond donors (Lipinski definition) is 1. The largest absolute Gasteiger partial charge is 0.396 e. The van der Waals surface area contributed by atoms with Gasteiger partial charge in [0, 0.05) is 24.9 Å². The molecule has 1 aliphatic heterocycles. The molecule has 0 saturated carbocycles. The average Bonchev–Trinajstić information content (AvgIpc) is 3.32. The van der Waals surface area contributed by atoms with E-state index in [4.69, 9.17) is 15.2 Å². The minimum atomic E-state index is 0.183. The first kappa shape index (κ1) is 23.6. The van der Waals surface area contributed by atoms with Gasteiger partial charge in [-0.1, -0.05) is 60.2 Å². The van der Waals surface area contributed by atoms with Crippen LogP contribution in [0.25, 0.3) is 11.3 Å². The van der Waals surface area contributed by atoms with Crippen molar-refractivity contribution in [1.82, 2.24) is 10.0 Å². The quantitative estimate of drug-likeness (QED) is 0.564. The molecule has 4 rings (SSSR count). The molecule has 1 aliphatic rings. The highest BCUT2D eigenvalue weighted by Gasteiger charge is 2.27. The fraction of sp³-hybridized carbons (Fsp3) is 0.333. The second-order valence-corrected chi connectivity index (χ2v) is 8.02. The van der Waals surface area contributed by atoms with Crippen molar-refractivity contribution in [3.8, 4) is 17.3 Å². The number of aromatic nitrogens is 1. The SMILES string of the molecule is CC(c1ccc(-c2ccc(C#N)cn2)cc1)N1CCC(CCCO)O1.Cc1ccccc1. The van der Waals surface area contributed by atoms with Gasteiger partial charge in [0.2, 0.25) is 0 Å². The molecule has 1 fully saturated rings. The minimum absolute atomic E-state index is 0.183. The molecule has 5 heteroatoms. The topological polar surface area (TPSA) is 69.4 Å². The Kier molecular flexibility index (Phi) is 8.94. The van der Waals surface area contributed by atoms with Gasteiger partial charge in [-0.15, -0.1) is 0 Å². The van der Waals surface area contributed by atoms with Gasteiger partial charge in [0.05, 0.1) is 23.4 Å². The number of pyridine rings is 1. The Balaban J connectivity index is 0.000000352. The first-order valence-corrected chi connectivity index (χ1v) is 11.1. The number of rotatable bonds is 6. The molecule has 0 aliphatic carbocycles. The molecule has 2 atom stereocenters.